The summed E-state index contributed by atoms with van der Waals surface area (Å²) in [5.41, 5.74) is 1.04. The molecule has 0 radical (unpaired) electrons. The van der Waals surface area contributed by atoms with E-state index in [1.807, 2.05) is 6.92 Å². The molecule has 0 amide bonds. The van der Waals surface area contributed by atoms with E-state index in [-0.39, 0.29) is 11.2 Å². The van der Waals surface area contributed by atoms with Gasteiger partial charge in [0.25, 0.3) is 0 Å². The highest BCUT2D eigenvalue weighted by Gasteiger charge is 2.12. The summed E-state index contributed by atoms with van der Waals surface area (Å²) in [5, 5.41) is -0.130. The molecule has 0 heterocycles. The van der Waals surface area contributed by atoms with Gasteiger partial charge in [0.15, 0.2) is 0 Å². The van der Waals surface area contributed by atoms with E-state index >= 15 is 0 Å². The van der Waals surface area contributed by atoms with Crippen molar-refractivity contribution in [1.82, 2.24) is 0 Å². The fourth-order valence-corrected chi connectivity index (χ4v) is 0.947. The minimum absolute atomic E-state index is 0.124. The first kappa shape index (κ1) is 6.81. The van der Waals surface area contributed by atoms with E-state index in [1.165, 1.54) is 6.08 Å². The maximum atomic E-state index is 12.3. The summed E-state index contributed by atoms with van der Waals surface area (Å²) in [6.07, 6.45) is 3.54. The minimum Gasteiger partial charge on any atom is -0.212 e. The maximum Gasteiger partial charge on any atom is 0.102 e. The van der Waals surface area contributed by atoms with E-state index in [1.54, 1.807) is 6.08 Å². The number of hydrogen-bond donors (Lipinski definition) is 0. The number of allylic oxidation sites excluding steroid dienone is 4. The molecule has 50 valence electrons. The number of rotatable bonds is 0. The van der Waals surface area contributed by atoms with Crippen molar-refractivity contribution in [2.45, 2.75) is 18.7 Å². The molecule has 0 fully saturated rings. The quantitative estimate of drug-likeness (QED) is 0.461. The lowest BCUT2D eigenvalue weighted by molar-refractivity contribution is 0.584. The van der Waals surface area contributed by atoms with Gasteiger partial charge in [-0.25, -0.2) is 4.39 Å². The monoisotopic (exact) mass is 146 g/mol. The highest BCUT2D eigenvalue weighted by Crippen LogP contribution is 2.23. The van der Waals surface area contributed by atoms with Crippen LogP contribution in [0.1, 0.15) is 13.3 Å². The number of alkyl halides is 1. The van der Waals surface area contributed by atoms with Crippen LogP contribution in [0.25, 0.3) is 0 Å². The molecule has 0 bridgehead atoms. The fraction of sp³-hybridized carbons (Fsp3) is 0.429. The van der Waals surface area contributed by atoms with E-state index in [0.717, 1.165) is 5.57 Å². The number of hydrogen-bond acceptors (Lipinski definition) is 0. The van der Waals surface area contributed by atoms with Gasteiger partial charge in [-0.05, 0) is 13.0 Å². The van der Waals surface area contributed by atoms with Gasteiger partial charge in [-0.1, -0.05) is 11.6 Å². The van der Waals surface area contributed by atoms with Crippen molar-refractivity contribution in [1.29, 1.82) is 0 Å². The molecule has 0 saturated carbocycles. The first-order valence-electron chi connectivity index (χ1n) is 2.87. The zero-order chi connectivity index (χ0) is 6.85. The molecule has 0 aromatic rings. The Kier molecular flexibility index (Phi) is 1.91. The van der Waals surface area contributed by atoms with Crippen LogP contribution in [-0.4, -0.2) is 5.38 Å². The van der Waals surface area contributed by atoms with Crippen molar-refractivity contribution in [3.05, 3.63) is 23.6 Å². The third kappa shape index (κ3) is 1.55. The Morgan fingerprint density at radius 1 is 1.67 bits per heavy atom. The van der Waals surface area contributed by atoms with Crippen molar-refractivity contribution < 1.29 is 4.39 Å². The summed E-state index contributed by atoms with van der Waals surface area (Å²) in [6.45, 7) is 1.90. The number of halogens is 2. The van der Waals surface area contributed by atoms with Crippen LogP contribution >= 0.6 is 11.6 Å². The largest absolute Gasteiger partial charge is 0.212 e. The van der Waals surface area contributed by atoms with Crippen LogP contribution in [0.15, 0.2) is 23.6 Å². The third-order valence-corrected chi connectivity index (χ3v) is 1.89. The van der Waals surface area contributed by atoms with E-state index in [2.05, 4.69) is 0 Å². The van der Waals surface area contributed by atoms with Crippen molar-refractivity contribution in [2.75, 3.05) is 0 Å². The van der Waals surface area contributed by atoms with Gasteiger partial charge in [-0.3, -0.25) is 0 Å². The average molecular weight is 147 g/mol. The Hall–Kier alpha value is -0.300. The van der Waals surface area contributed by atoms with Gasteiger partial charge in [0.1, 0.15) is 5.83 Å². The molecule has 0 aromatic carbocycles. The van der Waals surface area contributed by atoms with Crippen molar-refractivity contribution in [3.8, 4) is 0 Å². The van der Waals surface area contributed by atoms with Crippen molar-refractivity contribution >= 4 is 11.6 Å². The van der Waals surface area contributed by atoms with Crippen molar-refractivity contribution in [3.63, 3.8) is 0 Å². The Morgan fingerprint density at radius 3 is 2.78 bits per heavy atom. The summed E-state index contributed by atoms with van der Waals surface area (Å²) in [4.78, 5) is 0. The second-order valence-electron chi connectivity index (χ2n) is 2.20. The molecule has 1 aliphatic carbocycles. The second kappa shape index (κ2) is 2.53. The van der Waals surface area contributed by atoms with Crippen LogP contribution < -0.4 is 0 Å². The zero-order valence-electron chi connectivity index (χ0n) is 5.20. The molecule has 0 saturated heterocycles. The molecule has 1 aliphatic rings. The molecule has 1 atom stereocenters. The van der Waals surface area contributed by atoms with Crippen LogP contribution in [0.4, 0.5) is 4.39 Å². The van der Waals surface area contributed by atoms with E-state index in [4.69, 9.17) is 11.6 Å². The van der Waals surface area contributed by atoms with E-state index in [0.29, 0.717) is 6.42 Å². The predicted molar refractivity (Wildman–Crippen MR) is 37.2 cm³/mol. The van der Waals surface area contributed by atoms with Crippen molar-refractivity contribution in [2.24, 2.45) is 0 Å². The van der Waals surface area contributed by atoms with Crippen LogP contribution in [0.5, 0.6) is 0 Å². The van der Waals surface area contributed by atoms with Crippen LogP contribution in [0.3, 0.4) is 0 Å². The zero-order valence-corrected chi connectivity index (χ0v) is 5.95. The topological polar surface area (TPSA) is 0 Å². The molecule has 0 nitrogen and oxygen atoms in total. The van der Waals surface area contributed by atoms with E-state index < -0.39 is 0 Å². The molecule has 1 unspecified atom stereocenters. The first-order valence-corrected chi connectivity index (χ1v) is 3.30. The molecule has 0 spiro atoms. The average Bonchev–Trinajstić information content (AvgIpc) is 1.80. The molecule has 0 aliphatic heterocycles. The smallest absolute Gasteiger partial charge is 0.102 e. The SMILES string of the molecule is CC1=CC=C(F)CC1Cl. The Bertz CT molecular complexity index is 170. The summed E-state index contributed by atoms with van der Waals surface area (Å²) in [5.74, 6) is -0.124. The van der Waals surface area contributed by atoms with Crippen LogP contribution in [0.2, 0.25) is 0 Å². The van der Waals surface area contributed by atoms with Gasteiger partial charge in [0, 0.05) is 6.42 Å². The van der Waals surface area contributed by atoms with Gasteiger partial charge < -0.3 is 0 Å². The lowest BCUT2D eigenvalue weighted by Crippen LogP contribution is -2.03. The van der Waals surface area contributed by atoms with Gasteiger partial charge in [0.2, 0.25) is 0 Å². The van der Waals surface area contributed by atoms with Crippen LogP contribution in [0, 0.1) is 0 Å². The molecule has 0 aromatic heterocycles. The molecule has 1 rings (SSSR count). The summed E-state index contributed by atoms with van der Waals surface area (Å²) < 4.78 is 12.3. The lowest BCUT2D eigenvalue weighted by Gasteiger charge is -2.11. The molecule has 2 heteroatoms. The highest BCUT2D eigenvalue weighted by atomic mass is 35.5. The summed E-state index contributed by atoms with van der Waals surface area (Å²) in [7, 11) is 0. The summed E-state index contributed by atoms with van der Waals surface area (Å²) in [6, 6.07) is 0. The Morgan fingerprint density at radius 2 is 2.33 bits per heavy atom. The van der Waals surface area contributed by atoms with Crippen LogP contribution in [-0.2, 0) is 0 Å². The minimum atomic E-state index is -0.130. The summed E-state index contributed by atoms with van der Waals surface area (Å²) >= 11 is 5.71. The molecule has 0 N–H and O–H groups in total. The van der Waals surface area contributed by atoms with Gasteiger partial charge in [0.05, 0.1) is 5.38 Å². The molecule has 9 heavy (non-hydrogen) atoms. The Labute approximate surface area is 59.0 Å². The van der Waals surface area contributed by atoms with E-state index in [9.17, 15) is 4.39 Å². The maximum absolute atomic E-state index is 12.3. The first-order chi connectivity index (χ1) is 4.20. The van der Waals surface area contributed by atoms with Gasteiger partial charge >= 0.3 is 0 Å². The molecular formula is C7H8ClF. The standard InChI is InChI=1S/C7H8ClF/c1-5-2-3-6(9)4-7(5)8/h2-3,7H,4H2,1H3. The van der Waals surface area contributed by atoms with Gasteiger partial charge in [-0.2, -0.15) is 0 Å². The lowest BCUT2D eigenvalue weighted by atomic mass is 10.1. The normalized spacial score (nSPS) is 27.2. The highest BCUT2D eigenvalue weighted by molar-refractivity contribution is 6.22. The molecular weight excluding hydrogens is 139 g/mol. The fourth-order valence-electron chi connectivity index (χ4n) is 0.727. The Balaban J connectivity index is 2.74. The van der Waals surface area contributed by atoms with Gasteiger partial charge in [-0.15, -0.1) is 11.6 Å². The second-order valence-corrected chi connectivity index (χ2v) is 2.72. The third-order valence-electron chi connectivity index (χ3n) is 1.40. The predicted octanol–water partition coefficient (Wildman–Crippen LogP) is 2.80.